The number of aryl methyl sites for hydroxylation is 3. The van der Waals surface area contributed by atoms with Gasteiger partial charge < -0.3 is 5.32 Å². The van der Waals surface area contributed by atoms with Crippen molar-refractivity contribution in [1.29, 1.82) is 0 Å². The molecule has 1 amide bonds. The Kier molecular flexibility index (Phi) is 10.3. The molecule has 0 aromatic heterocycles. The van der Waals surface area contributed by atoms with Crippen LogP contribution in [0.4, 0.5) is 5.69 Å². The second-order valence-electron chi connectivity index (χ2n) is 13.9. The van der Waals surface area contributed by atoms with Gasteiger partial charge in [0.25, 0.3) is 0 Å². The fourth-order valence-electron chi connectivity index (χ4n) is 6.45. The van der Waals surface area contributed by atoms with Crippen molar-refractivity contribution in [3.8, 4) is 22.3 Å². The minimum Gasteiger partial charge on any atom is -0.326 e. The van der Waals surface area contributed by atoms with Crippen molar-refractivity contribution in [2.75, 3.05) is 5.32 Å². The zero-order chi connectivity index (χ0) is 33.7. The van der Waals surface area contributed by atoms with E-state index < -0.39 is 5.92 Å². The van der Waals surface area contributed by atoms with Crippen LogP contribution in [-0.4, -0.2) is 11.7 Å². The molecule has 240 valence electrons. The zero-order valence-electron chi connectivity index (χ0n) is 28.9. The Balaban J connectivity index is 1.40. The number of nitrogens with one attached hydrogen (secondary N) is 1. The Hall–Kier alpha value is -4.76. The van der Waals surface area contributed by atoms with Crippen LogP contribution in [0, 0.1) is 20.8 Å². The first-order valence-electron chi connectivity index (χ1n) is 16.7. The van der Waals surface area contributed by atoms with Gasteiger partial charge in [0.15, 0.2) is 5.78 Å². The molecule has 0 saturated heterocycles. The zero-order valence-corrected chi connectivity index (χ0v) is 28.9. The van der Waals surface area contributed by atoms with Crippen molar-refractivity contribution in [2.24, 2.45) is 0 Å². The van der Waals surface area contributed by atoms with Crippen LogP contribution in [0.15, 0.2) is 109 Å². The van der Waals surface area contributed by atoms with Gasteiger partial charge in [0, 0.05) is 17.7 Å². The predicted octanol–water partition coefficient (Wildman–Crippen LogP) is 11.2. The van der Waals surface area contributed by atoms with Crippen LogP contribution in [0.25, 0.3) is 22.3 Å². The maximum absolute atomic E-state index is 14.0. The predicted molar refractivity (Wildman–Crippen MR) is 197 cm³/mol. The Morgan fingerprint density at radius 3 is 1.74 bits per heavy atom. The molecule has 0 fully saturated rings. The molecule has 0 saturated carbocycles. The van der Waals surface area contributed by atoms with Crippen LogP contribution in [0.1, 0.15) is 90.2 Å². The maximum Gasteiger partial charge on any atom is 0.232 e. The molecule has 0 heterocycles. The summed E-state index contributed by atoms with van der Waals surface area (Å²) in [5, 5.41) is 3.20. The molecule has 0 unspecified atom stereocenters. The molecule has 5 rings (SSSR count). The first-order valence-corrected chi connectivity index (χ1v) is 16.7. The molecule has 0 aliphatic heterocycles. The Morgan fingerprint density at radius 2 is 1.21 bits per heavy atom. The summed E-state index contributed by atoms with van der Waals surface area (Å²) in [6.07, 6.45) is 1.88. The van der Waals surface area contributed by atoms with E-state index in [9.17, 15) is 9.59 Å². The largest absolute Gasteiger partial charge is 0.326 e. The van der Waals surface area contributed by atoms with Crippen molar-refractivity contribution in [2.45, 2.75) is 79.1 Å². The van der Waals surface area contributed by atoms with Gasteiger partial charge in [0.2, 0.25) is 5.91 Å². The van der Waals surface area contributed by atoms with E-state index in [1.165, 1.54) is 27.8 Å². The highest BCUT2D eigenvalue weighted by Gasteiger charge is 2.22. The molecule has 47 heavy (non-hydrogen) atoms. The minimum atomic E-state index is -0.411. The van der Waals surface area contributed by atoms with Gasteiger partial charge in [-0.2, -0.15) is 0 Å². The van der Waals surface area contributed by atoms with E-state index in [2.05, 4.69) is 120 Å². The molecule has 0 bridgehead atoms. The number of hydrogen-bond acceptors (Lipinski definition) is 2. The van der Waals surface area contributed by atoms with Crippen LogP contribution in [0.2, 0.25) is 0 Å². The Morgan fingerprint density at radius 1 is 0.681 bits per heavy atom. The number of Topliss-reactive ketones (excluding diaryl/α,β-unsaturated/α-hetero) is 1. The van der Waals surface area contributed by atoms with Gasteiger partial charge in [-0.3, -0.25) is 9.59 Å². The third-order valence-electron chi connectivity index (χ3n) is 9.02. The van der Waals surface area contributed by atoms with Gasteiger partial charge in [0.1, 0.15) is 0 Å². The highest BCUT2D eigenvalue weighted by atomic mass is 16.2. The standard InChI is InChI=1S/C44H47NO2/c1-8-9-41(46)36-12-10-32(11-13-36)28-40(35-16-14-33(15-17-35)34-18-22-38(23-19-34)44(5,6)7)43(47)45-39-24-20-37(21-25-39)42-30(3)26-29(2)27-31(42)4/h10-27,40H,8-9,28H2,1-7H3,(H,45,47)/t40-/m1/s1. The van der Waals surface area contributed by atoms with Crippen LogP contribution in [-0.2, 0) is 16.6 Å². The SMILES string of the molecule is CCCC(=O)c1ccc(C[C@@H](C(=O)Nc2ccc(-c3c(C)cc(C)cc3C)cc2)c2ccc(-c3ccc(C(C)(C)C)cc3)cc2)cc1. The van der Waals surface area contributed by atoms with E-state index in [1.807, 2.05) is 43.3 Å². The van der Waals surface area contributed by atoms with Crippen molar-refractivity contribution in [3.05, 3.63) is 148 Å². The molecule has 1 atom stereocenters. The summed E-state index contributed by atoms with van der Waals surface area (Å²) < 4.78 is 0. The van der Waals surface area contributed by atoms with E-state index in [1.54, 1.807) is 0 Å². The van der Waals surface area contributed by atoms with Gasteiger partial charge in [-0.1, -0.05) is 130 Å². The summed E-state index contributed by atoms with van der Waals surface area (Å²) in [6, 6.07) is 37.4. The maximum atomic E-state index is 14.0. The van der Waals surface area contributed by atoms with E-state index in [0.717, 1.165) is 45.5 Å². The van der Waals surface area contributed by atoms with Crippen molar-refractivity contribution in [1.82, 2.24) is 0 Å². The smallest absolute Gasteiger partial charge is 0.232 e. The van der Waals surface area contributed by atoms with Gasteiger partial charge >= 0.3 is 0 Å². The summed E-state index contributed by atoms with van der Waals surface area (Å²) in [5.74, 6) is -0.321. The number of anilines is 1. The lowest BCUT2D eigenvalue weighted by Gasteiger charge is -2.20. The molecular formula is C44H47NO2. The Bertz CT molecular complexity index is 1820. The number of rotatable bonds is 10. The monoisotopic (exact) mass is 621 g/mol. The number of benzene rings is 5. The molecular weight excluding hydrogens is 574 g/mol. The highest BCUT2D eigenvalue weighted by molar-refractivity contribution is 5.97. The molecule has 5 aromatic carbocycles. The first kappa shape index (κ1) is 33.6. The van der Waals surface area contributed by atoms with Crippen LogP contribution >= 0.6 is 0 Å². The quantitative estimate of drug-likeness (QED) is 0.158. The van der Waals surface area contributed by atoms with Gasteiger partial charge in [-0.25, -0.2) is 0 Å². The van der Waals surface area contributed by atoms with Gasteiger partial charge in [-0.05, 0) is 101 Å². The fraction of sp³-hybridized carbons (Fsp3) is 0.273. The van der Waals surface area contributed by atoms with Crippen molar-refractivity contribution < 1.29 is 9.59 Å². The van der Waals surface area contributed by atoms with Crippen LogP contribution in [0.5, 0.6) is 0 Å². The fourth-order valence-corrected chi connectivity index (χ4v) is 6.45. The molecule has 5 aromatic rings. The highest BCUT2D eigenvalue weighted by Crippen LogP contribution is 2.32. The second-order valence-corrected chi connectivity index (χ2v) is 13.9. The van der Waals surface area contributed by atoms with Crippen molar-refractivity contribution in [3.63, 3.8) is 0 Å². The topological polar surface area (TPSA) is 46.2 Å². The van der Waals surface area contributed by atoms with Crippen LogP contribution in [0.3, 0.4) is 0 Å². The number of amides is 1. The lowest BCUT2D eigenvalue weighted by molar-refractivity contribution is -0.117. The lowest BCUT2D eigenvalue weighted by atomic mass is 9.86. The Labute approximate surface area is 281 Å². The number of carbonyl (C=O) groups excluding carboxylic acids is 2. The third kappa shape index (κ3) is 8.16. The number of ketones is 1. The molecule has 3 nitrogen and oxygen atoms in total. The van der Waals surface area contributed by atoms with Gasteiger partial charge in [-0.15, -0.1) is 0 Å². The first-order chi connectivity index (χ1) is 22.4. The summed E-state index contributed by atoms with van der Waals surface area (Å²) in [5.41, 5.74) is 13.2. The summed E-state index contributed by atoms with van der Waals surface area (Å²) in [4.78, 5) is 26.4. The lowest BCUT2D eigenvalue weighted by Crippen LogP contribution is -2.23. The summed E-state index contributed by atoms with van der Waals surface area (Å²) in [6.45, 7) is 15.1. The normalized spacial score (nSPS) is 12.1. The summed E-state index contributed by atoms with van der Waals surface area (Å²) in [7, 11) is 0. The van der Waals surface area contributed by atoms with E-state index in [-0.39, 0.29) is 17.1 Å². The average Bonchev–Trinajstić information content (AvgIpc) is 3.04. The third-order valence-corrected chi connectivity index (χ3v) is 9.02. The van der Waals surface area contributed by atoms with Gasteiger partial charge in [0.05, 0.1) is 5.92 Å². The molecule has 3 heteroatoms. The van der Waals surface area contributed by atoms with Crippen molar-refractivity contribution >= 4 is 17.4 Å². The molecule has 0 spiro atoms. The average molecular weight is 622 g/mol. The second kappa shape index (κ2) is 14.3. The number of hydrogen-bond donors (Lipinski definition) is 1. The molecule has 0 aliphatic rings. The van der Waals surface area contributed by atoms with E-state index in [0.29, 0.717) is 12.8 Å². The molecule has 0 radical (unpaired) electrons. The van der Waals surface area contributed by atoms with E-state index >= 15 is 0 Å². The summed E-state index contributed by atoms with van der Waals surface area (Å²) >= 11 is 0. The number of carbonyl (C=O) groups is 2. The van der Waals surface area contributed by atoms with Crippen LogP contribution < -0.4 is 5.32 Å². The molecule has 0 aliphatic carbocycles. The minimum absolute atomic E-state index is 0.0612. The van der Waals surface area contributed by atoms with E-state index in [4.69, 9.17) is 0 Å². The molecule has 1 N–H and O–H groups in total.